The standard InChI is InChI=1S/C25H25NO10/c1-32-20-7-13(8-21(33-2)24(20)34-3)6-19-23(29)16-5-4-15(10-18(16)36-19)35-12-22(28)26-11-14(27)9-17(26)25(30)31/h4-8,10,14,17,27H,9,11-12H2,1-3H3,(H,30,31)/t14-,17+/m1/s1. The summed E-state index contributed by atoms with van der Waals surface area (Å²) in [5, 5.41) is 19.0. The number of likely N-dealkylation sites (tertiary alicyclic amines) is 1. The van der Waals surface area contributed by atoms with Crippen molar-refractivity contribution >= 4 is 23.7 Å². The second-order valence-electron chi connectivity index (χ2n) is 8.13. The number of aliphatic carboxylic acids is 1. The lowest BCUT2D eigenvalue weighted by molar-refractivity contribution is -0.148. The summed E-state index contributed by atoms with van der Waals surface area (Å²) in [5.74, 6) is -0.252. The molecule has 2 heterocycles. The Morgan fingerprint density at radius 2 is 1.81 bits per heavy atom. The van der Waals surface area contributed by atoms with Crippen LogP contribution in [0.15, 0.2) is 36.1 Å². The number of hydrogen-bond acceptors (Lipinski definition) is 9. The fourth-order valence-electron chi connectivity index (χ4n) is 4.14. The molecule has 2 aromatic rings. The monoisotopic (exact) mass is 499 g/mol. The first-order valence-corrected chi connectivity index (χ1v) is 11.0. The highest BCUT2D eigenvalue weighted by Gasteiger charge is 2.39. The van der Waals surface area contributed by atoms with Gasteiger partial charge >= 0.3 is 5.97 Å². The van der Waals surface area contributed by atoms with Gasteiger partial charge < -0.3 is 38.8 Å². The van der Waals surface area contributed by atoms with Gasteiger partial charge in [0.05, 0.1) is 33.0 Å². The van der Waals surface area contributed by atoms with Gasteiger partial charge in [-0.05, 0) is 35.9 Å². The van der Waals surface area contributed by atoms with E-state index in [1.807, 2.05) is 0 Å². The number of methoxy groups -OCH3 is 3. The number of carboxylic acids is 1. The van der Waals surface area contributed by atoms with Gasteiger partial charge in [-0.25, -0.2) is 4.79 Å². The molecule has 2 aromatic carbocycles. The highest BCUT2D eigenvalue weighted by molar-refractivity contribution is 6.14. The van der Waals surface area contributed by atoms with Gasteiger partial charge in [-0.2, -0.15) is 0 Å². The molecule has 1 saturated heterocycles. The van der Waals surface area contributed by atoms with E-state index in [2.05, 4.69) is 0 Å². The number of β-amino-alcohol motifs (C(OH)–C–C–N with tert-alkyl or cyclic N) is 1. The highest BCUT2D eigenvalue weighted by Crippen LogP contribution is 2.40. The summed E-state index contributed by atoms with van der Waals surface area (Å²) in [7, 11) is 4.47. The Morgan fingerprint density at radius 1 is 1.11 bits per heavy atom. The molecule has 2 aliphatic rings. The molecule has 0 bridgehead atoms. The quantitative estimate of drug-likeness (QED) is 0.516. The Hall–Kier alpha value is -4.25. The Bertz CT molecular complexity index is 1210. The van der Waals surface area contributed by atoms with Gasteiger partial charge in [0.25, 0.3) is 5.91 Å². The van der Waals surface area contributed by atoms with E-state index < -0.39 is 30.6 Å². The summed E-state index contributed by atoms with van der Waals surface area (Å²) in [6, 6.07) is 6.77. The van der Waals surface area contributed by atoms with Crippen LogP contribution in [-0.4, -0.2) is 79.4 Å². The zero-order valence-corrected chi connectivity index (χ0v) is 19.8. The van der Waals surface area contributed by atoms with Gasteiger partial charge in [0, 0.05) is 19.0 Å². The molecule has 0 saturated carbocycles. The van der Waals surface area contributed by atoms with Crippen molar-refractivity contribution in [3.8, 4) is 28.7 Å². The molecule has 0 aliphatic carbocycles. The molecule has 190 valence electrons. The van der Waals surface area contributed by atoms with Gasteiger partial charge in [0.15, 0.2) is 23.9 Å². The SMILES string of the molecule is COc1cc(C=C2Oc3cc(OCC(=O)N4C[C@H](O)C[C@H]4C(=O)O)ccc3C2=O)cc(OC)c1OC. The lowest BCUT2D eigenvalue weighted by atomic mass is 10.1. The first kappa shape index (κ1) is 24.9. The summed E-state index contributed by atoms with van der Waals surface area (Å²) in [6.45, 7) is -0.507. The lowest BCUT2D eigenvalue weighted by Gasteiger charge is -2.21. The second kappa shape index (κ2) is 10.2. The second-order valence-corrected chi connectivity index (χ2v) is 8.13. The Kier molecular flexibility index (Phi) is 7.02. The van der Waals surface area contributed by atoms with E-state index in [0.717, 1.165) is 4.90 Å². The first-order valence-electron chi connectivity index (χ1n) is 11.0. The number of carbonyl (C=O) groups excluding carboxylic acids is 2. The van der Waals surface area contributed by atoms with Crippen molar-refractivity contribution in [1.82, 2.24) is 4.90 Å². The van der Waals surface area contributed by atoms with E-state index in [-0.39, 0.29) is 36.0 Å². The number of carboxylic acid groups (broad SMARTS) is 1. The van der Waals surface area contributed by atoms with Crippen LogP contribution in [0, 0.1) is 0 Å². The van der Waals surface area contributed by atoms with E-state index in [4.69, 9.17) is 23.7 Å². The molecular formula is C25H25NO10. The molecular weight excluding hydrogens is 474 g/mol. The molecule has 11 heteroatoms. The summed E-state index contributed by atoms with van der Waals surface area (Å²) in [4.78, 5) is 37.7. The van der Waals surface area contributed by atoms with Crippen molar-refractivity contribution in [2.75, 3.05) is 34.5 Å². The number of ether oxygens (including phenoxy) is 5. The van der Waals surface area contributed by atoms with Crippen LogP contribution in [0.25, 0.3) is 6.08 Å². The van der Waals surface area contributed by atoms with Crippen molar-refractivity contribution in [2.24, 2.45) is 0 Å². The zero-order valence-electron chi connectivity index (χ0n) is 19.8. The van der Waals surface area contributed by atoms with E-state index >= 15 is 0 Å². The van der Waals surface area contributed by atoms with Crippen LogP contribution >= 0.6 is 0 Å². The minimum absolute atomic E-state index is 0.0308. The van der Waals surface area contributed by atoms with Crippen LogP contribution in [0.3, 0.4) is 0 Å². The Balaban J connectivity index is 1.49. The molecule has 2 aliphatic heterocycles. The maximum Gasteiger partial charge on any atom is 0.326 e. The van der Waals surface area contributed by atoms with Crippen LogP contribution in [0.4, 0.5) is 0 Å². The van der Waals surface area contributed by atoms with E-state index in [0.29, 0.717) is 28.4 Å². The Labute approximate surface area is 206 Å². The number of aliphatic hydroxyl groups is 1. The van der Waals surface area contributed by atoms with Gasteiger partial charge in [-0.15, -0.1) is 0 Å². The summed E-state index contributed by atoms with van der Waals surface area (Å²) < 4.78 is 27.3. The number of allylic oxidation sites excluding steroid dienone is 1. The third-order valence-corrected chi connectivity index (χ3v) is 5.87. The third kappa shape index (κ3) is 4.78. The lowest BCUT2D eigenvalue weighted by Crippen LogP contribution is -2.42. The molecule has 36 heavy (non-hydrogen) atoms. The molecule has 0 unspecified atom stereocenters. The zero-order chi connectivity index (χ0) is 26.0. The topological polar surface area (TPSA) is 141 Å². The predicted molar refractivity (Wildman–Crippen MR) is 125 cm³/mol. The van der Waals surface area contributed by atoms with Crippen LogP contribution in [-0.2, 0) is 9.59 Å². The van der Waals surface area contributed by atoms with Crippen LogP contribution in [0.1, 0.15) is 22.3 Å². The van der Waals surface area contributed by atoms with Crippen molar-refractivity contribution in [3.63, 3.8) is 0 Å². The van der Waals surface area contributed by atoms with Crippen LogP contribution in [0.5, 0.6) is 28.7 Å². The fraction of sp³-hybridized carbons (Fsp3) is 0.320. The minimum atomic E-state index is -1.18. The van der Waals surface area contributed by atoms with Gasteiger partial charge in [-0.1, -0.05) is 0 Å². The van der Waals surface area contributed by atoms with E-state index in [9.17, 15) is 24.6 Å². The average molecular weight is 499 g/mol. The summed E-state index contributed by atoms with van der Waals surface area (Å²) >= 11 is 0. The molecule has 2 N–H and O–H groups in total. The number of aliphatic hydroxyl groups excluding tert-OH is 1. The van der Waals surface area contributed by atoms with Crippen molar-refractivity contribution in [3.05, 3.63) is 47.2 Å². The molecule has 4 rings (SSSR count). The van der Waals surface area contributed by atoms with Crippen molar-refractivity contribution in [2.45, 2.75) is 18.6 Å². The molecule has 0 aromatic heterocycles. The van der Waals surface area contributed by atoms with Gasteiger partial charge in [0.1, 0.15) is 17.5 Å². The fourth-order valence-corrected chi connectivity index (χ4v) is 4.14. The first-order chi connectivity index (χ1) is 17.2. The smallest absolute Gasteiger partial charge is 0.326 e. The molecule has 1 fully saturated rings. The van der Waals surface area contributed by atoms with Gasteiger partial charge in [0.2, 0.25) is 11.5 Å². The molecule has 0 spiro atoms. The number of benzene rings is 2. The minimum Gasteiger partial charge on any atom is -0.493 e. The molecule has 0 radical (unpaired) electrons. The van der Waals surface area contributed by atoms with E-state index in [1.54, 1.807) is 18.2 Å². The number of rotatable bonds is 8. The van der Waals surface area contributed by atoms with Crippen molar-refractivity contribution in [1.29, 1.82) is 0 Å². The third-order valence-electron chi connectivity index (χ3n) is 5.87. The predicted octanol–water partition coefficient (Wildman–Crippen LogP) is 1.75. The number of ketones is 1. The van der Waals surface area contributed by atoms with Gasteiger partial charge in [-0.3, -0.25) is 9.59 Å². The van der Waals surface area contributed by atoms with Crippen LogP contribution < -0.4 is 23.7 Å². The Morgan fingerprint density at radius 3 is 2.42 bits per heavy atom. The highest BCUT2D eigenvalue weighted by atomic mass is 16.5. The van der Waals surface area contributed by atoms with E-state index in [1.165, 1.54) is 39.5 Å². The summed E-state index contributed by atoms with van der Waals surface area (Å²) in [5.41, 5.74) is 0.907. The average Bonchev–Trinajstić information content (AvgIpc) is 3.41. The van der Waals surface area contributed by atoms with Crippen molar-refractivity contribution < 1.29 is 48.3 Å². The normalized spacial score (nSPS) is 19.6. The molecule has 11 nitrogen and oxygen atoms in total. The number of fused-ring (bicyclic) bond motifs is 1. The maximum atomic E-state index is 12.9. The molecule has 1 amide bonds. The number of Topliss-reactive ketones (excluding diaryl/α,β-unsaturated/α-hetero) is 1. The summed E-state index contributed by atoms with van der Waals surface area (Å²) in [6.07, 6.45) is 0.615. The number of amides is 1. The number of hydrogen-bond donors (Lipinski definition) is 2. The number of carbonyl (C=O) groups is 3. The maximum absolute atomic E-state index is 12.9. The molecule has 2 atom stereocenters. The van der Waals surface area contributed by atoms with Crippen LogP contribution in [0.2, 0.25) is 0 Å². The largest absolute Gasteiger partial charge is 0.493 e. The number of nitrogens with zero attached hydrogens (tertiary/aromatic N) is 1.